The highest BCUT2D eigenvalue weighted by molar-refractivity contribution is 5.73. The Morgan fingerprint density at radius 2 is 2.05 bits per heavy atom. The predicted octanol–water partition coefficient (Wildman–Crippen LogP) is 2.32. The van der Waals surface area contributed by atoms with Crippen LogP contribution in [0.4, 0.5) is 4.79 Å². The number of hydrogen-bond acceptors (Lipinski definition) is 2. The van der Waals surface area contributed by atoms with Crippen molar-refractivity contribution in [2.24, 2.45) is 17.8 Å². The third-order valence-corrected chi connectivity index (χ3v) is 4.57. The summed E-state index contributed by atoms with van der Waals surface area (Å²) in [7, 11) is 0. The topological polar surface area (TPSA) is 59.0 Å². The minimum absolute atomic E-state index is 0.0158. The van der Waals surface area contributed by atoms with Crippen molar-refractivity contribution in [3.8, 4) is 0 Å². The largest absolute Gasteiger partial charge is 0.338 e. The number of amides is 2. The molecule has 5 heteroatoms. The summed E-state index contributed by atoms with van der Waals surface area (Å²) >= 11 is 0. The second kappa shape index (κ2) is 6.50. The van der Waals surface area contributed by atoms with Gasteiger partial charge in [-0.3, -0.25) is 4.68 Å². The van der Waals surface area contributed by atoms with E-state index >= 15 is 0 Å². The minimum Gasteiger partial charge on any atom is -0.338 e. The first kappa shape index (κ1) is 14.4. The number of rotatable bonds is 8. The first-order valence-corrected chi connectivity index (χ1v) is 8.23. The number of carbonyl (C=O) groups is 1. The SMILES string of the molecule is Cc1cnn(CCCNC(=O)NCC(C2CC2)C2CC2)c1. The molecule has 2 fully saturated rings. The van der Waals surface area contributed by atoms with Crippen LogP contribution in [-0.2, 0) is 6.54 Å². The van der Waals surface area contributed by atoms with Gasteiger partial charge < -0.3 is 10.6 Å². The van der Waals surface area contributed by atoms with Crippen molar-refractivity contribution in [2.75, 3.05) is 13.1 Å². The molecule has 2 amide bonds. The highest BCUT2D eigenvalue weighted by Gasteiger charge is 2.41. The number of urea groups is 1. The van der Waals surface area contributed by atoms with Gasteiger partial charge in [0.25, 0.3) is 0 Å². The van der Waals surface area contributed by atoms with Gasteiger partial charge in [0.05, 0.1) is 6.20 Å². The van der Waals surface area contributed by atoms with Crippen LogP contribution in [0, 0.1) is 24.7 Å². The van der Waals surface area contributed by atoms with Crippen molar-refractivity contribution in [2.45, 2.75) is 45.6 Å². The van der Waals surface area contributed by atoms with E-state index < -0.39 is 0 Å². The summed E-state index contributed by atoms with van der Waals surface area (Å²) < 4.78 is 1.92. The summed E-state index contributed by atoms with van der Waals surface area (Å²) in [5, 5.41) is 10.2. The Hall–Kier alpha value is -1.52. The monoisotopic (exact) mass is 290 g/mol. The fourth-order valence-electron chi connectivity index (χ4n) is 3.07. The first-order chi connectivity index (χ1) is 10.2. The molecule has 0 aromatic carbocycles. The van der Waals surface area contributed by atoms with Gasteiger partial charge in [-0.2, -0.15) is 5.10 Å². The van der Waals surface area contributed by atoms with Gasteiger partial charge in [0.2, 0.25) is 0 Å². The zero-order chi connectivity index (χ0) is 14.7. The standard InChI is InChI=1S/C16H26N4O/c1-12-9-19-20(11-12)8-2-7-17-16(21)18-10-15(13-3-4-13)14-5-6-14/h9,11,13-15H,2-8,10H2,1H3,(H2,17,18,21). The summed E-state index contributed by atoms with van der Waals surface area (Å²) in [5.41, 5.74) is 1.17. The fourth-order valence-corrected chi connectivity index (χ4v) is 3.07. The van der Waals surface area contributed by atoms with Gasteiger partial charge in [-0.05, 0) is 62.3 Å². The van der Waals surface area contributed by atoms with Gasteiger partial charge in [-0.1, -0.05) is 0 Å². The molecule has 21 heavy (non-hydrogen) atoms. The molecule has 2 saturated carbocycles. The van der Waals surface area contributed by atoms with E-state index in [-0.39, 0.29) is 6.03 Å². The Morgan fingerprint density at radius 3 is 2.62 bits per heavy atom. The van der Waals surface area contributed by atoms with Crippen LogP contribution in [0.2, 0.25) is 0 Å². The van der Waals surface area contributed by atoms with E-state index in [1.807, 2.05) is 24.0 Å². The quantitative estimate of drug-likeness (QED) is 0.722. The highest BCUT2D eigenvalue weighted by Crippen LogP contribution is 2.48. The van der Waals surface area contributed by atoms with Crippen LogP contribution < -0.4 is 10.6 Å². The molecule has 2 aliphatic rings. The Kier molecular flexibility index (Phi) is 4.46. The highest BCUT2D eigenvalue weighted by atomic mass is 16.2. The van der Waals surface area contributed by atoms with E-state index in [2.05, 4.69) is 15.7 Å². The lowest BCUT2D eigenvalue weighted by atomic mass is 9.98. The van der Waals surface area contributed by atoms with Crippen LogP contribution in [0.15, 0.2) is 12.4 Å². The normalized spacial score (nSPS) is 18.0. The molecule has 1 heterocycles. The molecular weight excluding hydrogens is 264 g/mol. The van der Waals surface area contributed by atoms with Crippen molar-refractivity contribution in [1.29, 1.82) is 0 Å². The molecule has 0 unspecified atom stereocenters. The maximum Gasteiger partial charge on any atom is 0.314 e. The fraction of sp³-hybridized carbons (Fsp3) is 0.750. The van der Waals surface area contributed by atoms with Crippen LogP contribution in [0.5, 0.6) is 0 Å². The average Bonchev–Trinajstić information content (AvgIpc) is 3.36. The minimum atomic E-state index is -0.0158. The van der Waals surface area contributed by atoms with Crippen molar-refractivity contribution in [3.63, 3.8) is 0 Å². The molecule has 0 atom stereocenters. The Balaban J connectivity index is 1.27. The third kappa shape index (κ3) is 4.48. The molecule has 1 aromatic heterocycles. The van der Waals surface area contributed by atoms with Crippen molar-refractivity contribution in [1.82, 2.24) is 20.4 Å². The summed E-state index contributed by atoms with van der Waals surface area (Å²) in [4.78, 5) is 11.8. The summed E-state index contributed by atoms with van der Waals surface area (Å²) in [6, 6.07) is -0.0158. The number of nitrogens with one attached hydrogen (secondary N) is 2. The first-order valence-electron chi connectivity index (χ1n) is 8.23. The van der Waals surface area contributed by atoms with E-state index in [9.17, 15) is 4.79 Å². The van der Waals surface area contributed by atoms with Gasteiger partial charge in [0.15, 0.2) is 0 Å². The summed E-state index contributed by atoms with van der Waals surface area (Å²) in [5.74, 6) is 2.52. The van der Waals surface area contributed by atoms with Gasteiger partial charge in [0, 0.05) is 25.8 Å². The smallest absolute Gasteiger partial charge is 0.314 e. The molecule has 0 radical (unpaired) electrons. The van der Waals surface area contributed by atoms with Crippen molar-refractivity contribution < 1.29 is 4.79 Å². The van der Waals surface area contributed by atoms with E-state index in [4.69, 9.17) is 0 Å². The predicted molar refractivity (Wildman–Crippen MR) is 81.9 cm³/mol. The number of carbonyl (C=O) groups excluding carboxylic acids is 1. The molecule has 116 valence electrons. The van der Waals surface area contributed by atoms with Crippen LogP contribution in [0.3, 0.4) is 0 Å². The van der Waals surface area contributed by atoms with Gasteiger partial charge in [-0.25, -0.2) is 4.79 Å². The van der Waals surface area contributed by atoms with Crippen LogP contribution in [0.1, 0.15) is 37.7 Å². The van der Waals surface area contributed by atoms with E-state index in [0.717, 1.165) is 37.3 Å². The molecular formula is C16H26N4O. The van der Waals surface area contributed by atoms with Crippen LogP contribution >= 0.6 is 0 Å². The second-order valence-electron chi connectivity index (χ2n) is 6.61. The van der Waals surface area contributed by atoms with Crippen molar-refractivity contribution in [3.05, 3.63) is 18.0 Å². The molecule has 2 aliphatic carbocycles. The Labute approximate surface area is 126 Å². The van der Waals surface area contributed by atoms with Gasteiger partial charge >= 0.3 is 6.03 Å². The van der Waals surface area contributed by atoms with E-state index in [0.29, 0.717) is 6.54 Å². The molecule has 0 aliphatic heterocycles. The number of aromatic nitrogens is 2. The lowest BCUT2D eigenvalue weighted by Crippen LogP contribution is -2.39. The van der Waals surface area contributed by atoms with E-state index in [1.54, 1.807) is 0 Å². The second-order valence-corrected chi connectivity index (χ2v) is 6.61. The lowest BCUT2D eigenvalue weighted by molar-refractivity contribution is 0.236. The maximum absolute atomic E-state index is 11.8. The molecule has 1 aromatic rings. The maximum atomic E-state index is 11.8. The van der Waals surface area contributed by atoms with Gasteiger partial charge in [0.1, 0.15) is 0 Å². The zero-order valence-electron chi connectivity index (χ0n) is 12.8. The Bertz CT molecular complexity index is 464. The number of aryl methyl sites for hydroxylation is 2. The van der Waals surface area contributed by atoms with Crippen LogP contribution in [0.25, 0.3) is 0 Å². The van der Waals surface area contributed by atoms with Crippen LogP contribution in [-0.4, -0.2) is 28.9 Å². The van der Waals surface area contributed by atoms with E-state index in [1.165, 1.54) is 31.2 Å². The lowest BCUT2D eigenvalue weighted by Gasteiger charge is -2.16. The summed E-state index contributed by atoms with van der Waals surface area (Å²) in [6.07, 6.45) is 10.3. The summed E-state index contributed by atoms with van der Waals surface area (Å²) in [6.45, 7) is 4.44. The third-order valence-electron chi connectivity index (χ3n) is 4.57. The Morgan fingerprint density at radius 1 is 1.33 bits per heavy atom. The van der Waals surface area contributed by atoms with Crippen molar-refractivity contribution >= 4 is 6.03 Å². The zero-order valence-corrected chi connectivity index (χ0v) is 12.8. The molecule has 5 nitrogen and oxygen atoms in total. The molecule has 2 N–H and O–H groups in total. The average molecular weight is 290 g/mol. The molecule has 3 rings (SSSR count). The number of hydrogen-bond donors (Lipinski definition) is 2. The molecule has 0 saturated heterocycles. The molecule has 0 bridgehead atoms. The number of nitrogens with zero attached hydrogens (tertiary/aromatic N) is 2. The molecule has 0 spiro atoms. The van der Waals surface area contributed by atoms with Gasteiger partial charge in [-0.15, -0.1) is 0 Å².